The van der Waals surface area contributed by atoms with Gasteiger partial charge in [-0.3, -0.25) is 0 Å². The number of hydrogen-bond acceptors (Lipinski definition) is 3. The zero-order valence-electron chi connectivity index (χ0n) is 9.63. The van der Waals surface area contributed by atoms with Crippen LogP contribution < -0.4 is 10.4 Å². The summed E-state index contributed by atoms with van der Waals surface area (Å²) in [4.78, 5) is 5.67. The van der Waals surface area contributed by atoms with Gasteiger partial charge in [-0.05, 0) is 24.7 Å². The monoisotopic (exact) mass is 230 g/mol. The Morgan fingerprint density at radius 1 is 1.18 bits per heavy atom. The second kappa shape index (κ2) is 5.22. The summed E-state index contributed by atoms with van der Waals surface area (Å²) in [5, 5.41) is 18.2. The van der Waals surface area contributed by atoms with Crippen LogP contribution in [0.25, 0.3) is 4.85 Å². The highest BCUT2D eigenvalue weighted by Gasteiger charge is 2.17. The topological polar surface area (TPSA) is 48.1 Å². The molecule has 0 radical (unpaired) electrons. The number of anilines is 1. The van der Waals surface area contributed by atoms with Gasteiger partial charge in [0.2, 0.25) is 5.69 Å². The van der Waals surface area contributed by atoms with Crippen LogP contribution >= 0.6 is 0 Å². The Balaban J connectivity index is 2.30. The lowest BCUT2D eigenvalue weighted by Gasteiger charge is -2.30. The molecule has 1 fully saturated rings. The molecule has 0 aromatic heterocycles. The maximum Gasteiger partial charge on any atom is 0.487 e. The average molecular weight is 230 g/mol. The Bertz CT molecular complexity index is 437. The Kier molecular flexibility index (Phi) is 3.67. The van der Waals surface area contributed by atoms with Crippen LogP contribution in [0.3, 0.4) is 0 Å². The third-order valence-corrected chi connectivity index (χ3v) is 3.11. The second-order valence-electron chi connectivity index (χ2n) is 4.28. The van der Waals surface area contributed by atoms with Gasteiger partial charge < -0.3 is 14.9 Å². The fraction of sp³-hybridized carbons (Fsp3) is 0.417. The van der Waals surface area contributed by atoms with Gasteiger partial charge in [0.05, 0.1) is 6.57 Å². The van der Waals surface area contributed by atoms with Crippen molar-refractivity contribution in [3.8, 4) is 0 Å². The summed E-state index contributed by atoms with van der Waals surface area (Å²) in [6.07, 6.45) is 3.56. The maximum absolute atomic E-state index is 9.08. The van der Waals surface area contributed by atoms with Gasteiger partial charge in [-0.25, -0.2) is 4.85 Å². The van der Waals surface area contributed by atoms with Crippen molar-refractivity contribution < 1.29 is 10.0 Å². The van der Waals surface area contributed by atoms with Crippen molar-refractivity contribution in [3.63, 3.8) is 0 Å². The molecule has 0 bridgehead atoms. The third-order valence-electron chi connectivity index (χ3n) is 3.11. The van der Waals surface area contributed by atoms with Crippen LogP contribution in [-0.2, 0) is 0 Å². The largest absolute Gasteiger partial charge is 0.487 e. The molecule has 0 unspecified atom stereocenters. The molecule has 1 aromatic carbocycles. The van der Waals surface area contributed by atoms with Gasteiger partial charge in [-0.1, -0.05) is 18.2 Å². The highest BCUT2D eigenvalue weighted by molar-refractivity contribution is 6.58. The normalized spacial score (nSPS) is 15.5. The molecule has 5 heteroatoms. The van der Waals surface area contributed by atoms with Gasteiger partial charge in [0, 0.05) is 18.8 Å². The van der Waals surface area contributed by atoms with Crippen molar-refractivity contribution in [1.29, 1.82) is 0 Å². The highest BCUT2D eigenvalue weighted by atomic mass is 16.4. The van der Waals surface area contributed by atoms with E-state index in [1.165, 1.54) is 6.42 Å². The molecule has 1 saturated heterocycles. The van der Waals surface area contributed by atoms with Crippen molar-refractivity contribution in [1.82, 2.24) is 0 Å². The van der Waals surface area contributed by atoms with Crippen LogP contribution in [0.1, 0.15) is 19.3 Å². The first-order valence-electron chi connectivity index (χ1n) is 5.85. The van der Waals surface area contributed by atoms with Crippen LogP contribution in [0.15, 0.2) is 18.2 Å². The van der Waals surface area contributed by atoms with Crippen molar-refractivity contribution in [2.24, 2.45) is 0 Å². The van der Waals surface area contributed by atoms with E-state index in [2.05, 4.69) is 9.74 Å². The number of rotatable bonds is 2. The number of piperidine rings is 1. The Labute approximate surface area is 101 Å². The van der Waals surface area contributed by atoms with Crippen LogP contribution in [0.2, 0.25) is 0 Å². The van der Waals surface area contributed by atoms with Gasteiger partial charge >= 0.3 is 7.12 Å². The fourth-order valence-corrected chi connectivity index (χ4v) is 2.19. The molecule has 1 aliphatic rings. The molecule has 0 saturated carbocycles. The first kappa shape index (κ1) is 12.0. The van der Waals surface area contributed by atoms with E-state index in [0.717, 1.165) is 31.6 Å². The van der Waals surface area contributed by atoms with E-state index in [9.17, 15) is 0 Å². The summed E-state index contributed by atoms with van der Waals surface area (Å²) in [6.45, 7) is 9.13. The first-order valence-corrected chi connectivity index (χ1v) is 5.85. The van der Waals surface area contributed by atoms with Gasteiger partial charge in [0.1, 0.15) is 0 Å². The van der Waals surface area contributed by atoms with E-state index in [4.69, 9.17) is 16.6 Å². The van der Waals surface area contributed by atoms with Gasteiger partial charge in [-0.15, -0.1) is 0 Å². The Morgan fingerprint density at radius 2 is 1.88 bits per heavy atom. The Morgan fingerprint density at radius 3 is 2.47 bits per heavy atom. The third kappa shape index (κ3) is 2.60. The zero-order chi connectivity index (χ0) is 12.3. The predicted octanol–water partition coefficient (Wildman–Crippen LogP) is 0.907. The molecule has 0 spiro atoms. The van der Waals surface area contributed by atoms with Crippen molar-refractivity contribution in [2.75, 3.05) is 18.0 Å². The summed E-state index contributed by atoms with van der Waals surface area (Å²) >= 11 is 0. The molecule has 88 valence electrons. The van der Waals surface area contributed by atoms with Crippen LogP contribution in [0, 0.1) is 6.57 Å². The quantitative estimate of drug-likeness (QED) is 0.586. The lowest BCUT2D eigenvalue weighted by atomic mass is 9.80. The molecule has 2 N–H and O–H groups in total. The minimum atomic E-state index is -1.51. The molecule has 1 heterocycles. The van der Waals surface area contributed by atoms with Crippen molar-refractivity contribution in [3.05, 3.63) is 29.6 Å². The predicted molar refractivity (Wildman–Crippen MR) is 68.6 cm³/mol. The lowest BCUT2D eigenvalue weighted by Crippen LogP contribution is -2.32. The molecular weight excluding hydrogens is 215 g/mol. The number of nitrogens with zero attached hydrogens (tertiary/aromatic N) is 2. The van der Waals surface area contributed by atoms with Gasteiger partial charge in [0.15, 0.2) is 0 Å². The summed E-state index contributed by atoms with van der Waals surface area (Å²) < 4.78 is 0. The molecule has 17 heavy (non-hydrogen) atoms. The van der Waals surface area contributed by atoms with Gasteiger partial charge in [0.25, 0.3) is 0 Å². The van der Waals surface area contributed by atoms with E-state index >= 15 is 0 Å². The molecular formula is C12H15BN2O2. The minimum absolute atomic E-state index is 0.372. The van der Waals surface area contributed by atoms with Crippen LogP contribution in [0.4, 0.5) is 11.4 Å². The smallest absolute Gasteiger partial charge is 0.423 e. The maximum atomic E-state index is 9.08. The fourth-order valence-electron chi connectivity index (χ4n) is 2.19. The molecule has 0 amide bonds. The van der Waals surface area contributed by atoms with Gasteiger partial charge in [-0.2, -0.15) is 0 Å². The standard InChI is InChI=1S/C12H15BN2O2/c1-14-11-9-10(13(16)17)5-6-12(11)15-7-3-2-4-8-15/h5-6,9,16-17H,2-4,7-8H2. The lowest BCUT2D eigenvalue weighted by molar-refractivity contribution is 0.426. The summed E-state index contributed by atoms with van der Waals surface area (Å²) in [5.74, 6) is 0. The SMILES string of the molecule is [C-]#[N+]c1cc(B(O)O)ccc1N1CCCCC1. The highest BCUT2D eigenvalue weighted by Crippen LogP contribution is 2.29. The van der Waals surface area contributed by atoms with E-state index < -0.39 is 7.12 Å². The second-order valence-corrected chi connectivity index (χ2v) is 4.28. The van der Waals surface area contributed by atoms with E-state index in [1.54, 1.807) is 12.1 Å². The van der Waals surface area contributed by atoms with Crippen LogP contribution in [0.5, 0.6) is 0 Å². The number of hydrogen-bond donors (Lipinski definition) is 2. The molecule has 1 aromatic rings. The molecule has 0 aliphatic carbocycles. The van der Waals surface area contributed by atoms with E-state index in [-0.39, 0.29) is 0 Å². The molecule has 1 aliphatic heterocycles. The van der Waals surface area contributed by atoms with Crippen LogP contribution in [-0.4, -0.2) is 30.3 Å². The zero-order valence-corrected chi connectivity index (χ0v) is 9.63. The Hall–Kier alpha value is -1.51. The molecule has 0 atom stereocenters. The van der Waals surface area contributed by atoms with E-state index in [1.807, 2.05) is 6.07 Å². The summed E-state index contributed by atoms with van der Waals surface area (Å²) in [5.41, 5.74) is 1.78. The number of benzene rings is 1. The summed E-state index contributed by atoms with van der Waals surface area (Å²) in [6, 6.07) is 5.04. The summed E-state index contributed by atoms with van der Waals surface area (Å²) in [7, 11) is -1.51. The molecule has 2 rings (SSSR count). The van der Waals surface area contributed by atoms with Crippen molar-refractivity contribution >= 4 is 24.0 Å². The minimum Gasteiger partial charge on any atom is -0.423 e. The molecule has 4 nitrogen and oxygen atoms in total. The average Bonchev–Trinajstić information content (AvgIpc) is 2.39. The first-order chi connectivity index (χ1) is 8.22. The van der Waals surface area contributed by atoms with E-state index in [0.29, 0.717) is 11.2 Å². The van der Waals surface area contributed by atoms with Crippen molar-refractivity contribution in [2.45, 2.75) is 19.3 Å².